The molecule has 2 rings (SSSR count). The zero-order valence-electron chi connectivity index (χ0n) is 15.0. The number of ether oxygens (including phenoxy) is 1. The van der Waals surface area contributed by atoms with Crippen LogP contribution in [0.2, 0.25) is 0 Å². The highest BCUT2D eigenvalue weighted by molar-refractivity contribution is 5.92. The zero-order valence-corrected chi connectivity index (χ0v) is 15.0. The van der Waals surface area contributed by atoms with E-state index in [1.165, 1.54) is 0 Å². The number of carbonyl (C=O) groups is 2. The van der Waals surface area contributed by atoms with Gasteiger partial charge in [-0.1, -0.05) is 0 Å². The minimum Gasteiger partial charge on any atom is -0.444 e. The molecule has 1 aromatic heterocycles. The first-order valence-corrected chi connectivity index (χ1v) is 8.14. The van der Waals surface area contributed by atoms with Gasteiger partial charge in [0.1, 0.15) is 11.3 Å². The Morgan fingerprint density at radius 3 is 2.50 bits per heavy atom. The summed E-state index contributed by atoms with van der Waals surface area (Å²) in [5.41, 5.74) is 0.845. The van der Waals surface area contributed by atoms with Gasteiger partial charge in [-0.3, -0.25) is 4.79 Å². The van der Waals surface area contributed by atoms with Gasteiger partial charge in [-0.25, -0.2) is 9.78 Å². The number of carbonyl (C=O) groups excluding carboxylic acids is 2. The Hall–Kier alpha value is -2.31. The third kappa shape index (κ3) is 4.37. The van der Waals surface area contributed by atoms with Gasteiger partial charge >= 0.3 is 6.09 Å². The first-order valence-electron chi connectivity index (χ1n) is 8.14. The second kappa shape index (κ2) is 7.07. The summed E-state index contributed by atoms with van der Waals surface area (Å²) in [6.07, 6.45) is 1.42. The van der Waals surface area contributed by atoms with Gasteiger partial charge < -0.3 is 19.9 Å². The van der Waals surface area contributed by atoms with E-state index in [1.807, 2.05) is 26.8 Å². The fourth-order valence-corrected chi connectivity index (χ4v) is 2.65. The Balaban J connectivity index is 2.01. The lowest BCUT2D eigenvalue weighted by atomic mass is 10.1. The van der Waals surface area contributed by atoms with Crippen LogP contribution in [0.4, 0.5) is 10.5 Å². The summed E-state index contributed by atoms with van der Waals surface area (Å²) >= 11 is 0. The SMILES string of the molecule is CNC(=O)c1ccc(N2CCN(C(=O)OC(C)(C)C)CC2C)cn1. The van der Waals surface area contributed by atoms with Crippen molar-refractivity contribution in [3.8, 4) is 0 Å². The highest BCUT2D eigenvalue weighted by Crippen LogP contribution is 2.21. The summed E-state index contributed by atoms with van der Waals surface area (Å²) in [5.74, 6) is -0.204. The third-order valence-corrected chi connectivity index (χ3v) is 3.82. The Morgan fingerprint density at radius 2 is 2.00 bits per heavy atom. The summed E-state index contributed by atoms with van der Waals surface area (Å²) in [4.78, 5) is 31.9. The number of amides is 2. The summed E-state index contributed by atoms with van der Waals surface area (Å²) in [6, 6.07) is 3.73. The molecule has 2 heterocycles. The Kier molecular flexibility index (Phi) is 5.31. The maximum absolute atomic E-state index is 12.2. The van der Waals surface area contributed by atoms with Gasteiger partial charge in [0, 0.05) is 32.7 Å². The summed E-state index contributed by atoms with van der Waals surface area (Å²) < 4.78 is 5.43. The fourth-order valence-electron chi connectivity index (χ4n) is 2.65. The van der Waals surface area contributed by atoms with Crippen molar-refractivity contribution >= 4 is 17.7 Å². The van der Waals surface area contributed by atoms with Gasteiger partial charge in [0.25, 0.3) is 5.91 Å². The van der Waals surface area contributed by atoms with E-state index in [-0.39, 0.29) is 18.0 Å². The molecule has 0 radical (unpaired) electrons. The minimum atomic E-state index is -0.489. The Labute approximate surface area is 143 Å². The van der Waals surface area contributed by atoms with Crippen molar-refractivity contribution in [2.24, 2.45) is 0 Å². The molecule has 1 aliphatic heterocycles. The van der Waals surface area contributed by atoms with Gasteiger partial charge in [-0.15, -0.1) is 0 Å². The first-order chi connectivity index (χ1) is 11.2. The quantitative estimate of drug-likeness (QED) is 0.894. The fraction of sp³-hybridized carbons (Fsp3) is 0.588. The lowest BCUT2D eigenvalue weighted by Crippen LogP contribution is -2.54. The van der Waals surface area contributed by atoms with Crippen LogP contribution in [-0.2, 0) is 4.74 Å². The molecule has 24 heavy (non-hydrogen) atoms. The van der Waals surface area contributed by atoms with E-state index in [0.29, 0.717) is 25.3 Å². The number of aromatic nitrogens is 1. The standard InChI is InChI=1S/C17H26N4O3/c1-12-11-20(16(23)24-17(2,3)4)8-9-21(12)13-6-7-14(19-10-13)15(22)18-5/h6-7,10,12H,8-9,11H2,1-5H3,(H,18,22). The first kappa shape index (κ1) is 18.0. The van der Waals surface area contributed by atoms with Crippen LogP contribution in [0.1, 0.15) is 38.2 Å². The number of pyridine rings is 1. The molecular weight excluding hydrogens is 308 g/mol. The van der Waals surface area contributed by atoms with Crippen LogP contribution < -0.4 is 10.2 Å². The predicted octanol–water partition coefficient (Wildman–Crippen LogP) is 1.89. The Morgan fingerprint density at radius 1 is 1.29 bits per heavy atom. The molecule has 0 saturated carbocycles. The topological polar surface area (TPSA) is 74.8 Å². The van der Waals surface area contributed by atoms with Crippen molar-refractivity contribution in [1.29, 1.82) is 0 Å². The van der Waals surface area contributed by atoms with E-state index < -0.39 is 5.60 Å². The van der Waals surface area contributed by atoms with Gasteiger partial charge in [0.2, 0.25) is 0 Å². The van der Waals surface area contributed by atoms with Gasteiger partial charge in [0.05, 0.1) is 11.9 Å². The van der Waals surface area contributed by atoms with Crippen LogP contribution in [0.5, 0.6) is 0 Å². The number of rotatable bonds is 2. The van der Waals surface area contributed by atoms with Crippen LogP contribution in [0.3, 0.4) is 0 Å². The minimum absolute atomic E-state index is 0.138. The molecule has 0 bridgehead atoms. The smallest absolute Gasteiger partial charge is 0.410 e. The Bertz CT molecular complexity index is 595. The molecule has 0 aromatic carbocycles. The maximum Gasteiger partial charge on any atom is 0.410 e. The second-order valence-corrected chi connectivity index (χ2v) is 6.95. The van der Waals surface area contributed by atoms with Gasteiger partial charge in [-0.2, -0.15) is 0 Å². The highest BCUT2D eigenvalue weighted by atomic mass is 16.6. The van der Waals surface area contributed by atoms with E-state index in [2.05, 4.69) is 22.1 Å². The largest absolute Gasteiger partial charge is 0.444 e. The monoisotopic (exact) mass is 334 g/mol. The molecule has 7 heteroatoms. The van der Waals surface area contributed by atoms with Crippen molar-refractivity contribution < 1.29 is 14.3 Å². The number of nitrogens with one attached hydrogen (secondary N) is 1. The number of hydrogen-bond donors (Lipinski definition) is 1. The molecule has 1 saturated heterocycles. The van der Waals surface area contributed by atoms with Crippen LogP contribution >= 0.6 is 0 Å². The second-order valence-electron chi connectivity index (χ2n) is 6.95. The van der Waals surface area contributed by atoms with Crippen LogP contribution in [0, 0.1) is 0 Å². The molecule has 132 valence electrons. The molecule has 1 atom stereocenters. The summed E-state index contributed by atoms with van der Waals surface area (Å²) in [6.45, 7) is 9.53. The molecule has 1 N–H and O–H groups in total. The molecular formula is C17H26N4O3. The third-order valence-electron chi connectivity index (χ3n) is 3.82. The molecule has 1 unspecified atom stereocenters. The molecule has 7 nitrogen and oxygen atoms in total. The van der Waals surface area contributed by atoms with E-state index in [9.17, 15) is 9.59 Å². The van der Waals surface area contributed by atoms with Crippen LogP contribution in [-0.4, -0.2) is 60.2 Å². The number of nitrogens with zero attached hydrogens (tertiary/aromatic N) is 3. The van der Waals surface area contributed by atoms with E-state index in [0.717, 1.165) is 5.69 Å². The van der Waals surface area contributed by atoms with Crippen LogP contribution in [0.15, 0.2) is 18.3 Å². The molecule has 1 aliphatic rings. The van der Waals surface area contributed by atoms with E-state index >= 15 is 0 Å². The molecule has 1 fully saturated rings. The summed E-state index contributed by atoms with van der Waals surface area (Å²) in [7, 11) is 1.58. The van der Waals surface area contributed by atoms with Crippen molar-refractivity contribution in [3.05, 3.63) is 24.0 Å². The molecule has 0 spiro atoms. The summed E-state index contributed by atoms with van der Waals surface area (Å²) in [5, 5.41) is 2.55. The average Bonchev–Trinajstić information content (AvgIpc) is 2.52. The van der Waals surface area contributed by atoms with Crippen molar-refractivity contribution in [1.82, 2.24) is 15.2 Å². The van der Waals surface area contributed by atoms with Crippen molar-refractivity contribution in [3.63, 3.8) is 0 Å². The van der Waals surface area contributed by atoms with Crippen molar-refractivity contribution in [2.75, 3.05) is 31.6 Å². The van der Waals surface area contributed by atoms with E-state index in [1.54, 1.807) is 24.2 Å². The lowest BCUT2D eigenvalue weighted by Gasteiger charge is -2.41. The van der Waals surface area contributed by atoms with Gasteiger partial charge in [0.15, 0.2) is 0 Å². The maximum atomic E-state index is 12.2. The highest BCUT2D eigenvalue weighted by Gasteiger charge is 2.30. The van der Waals surface area contributed by atoms with E-state index in [4.69, 9.17) is 4.74 Å². The zero-order chi connectivity index (χ0) is 17.9. The molecule has 1 aromatic rings. The van der Waals surface area contributed by atoms with Gasteiger partial charge in [-0.05, 0) is 39.8 Å². The number of piperazine rings is 1. The number of hydrogen-bond acceptors (Lipinski definition) is 5. The molecule has 2 amide bonds. The predicted molar refractivity (Wildman–Crippen MR) is 92.2 cm³/mol. The molecule has 0 aliphatic carbocycles. The number of anilines is 1. The normalized spacial score (nSPS) is 18.3. The average molecular weight is 334 g/mol. The van der Waals surface area contributed by atoms with Crippen molar-refractivity contribution in [2.45, 2.75) is 39.3 Å². The lowest BCUT2D eigenvalue weighted by molar-refractivity contribution is 0.0218. The van der Waals surface area contributed by atoms with Crippen LogP contribution in [0.25, 0.3) is 0 Å².